The molecule has 1 atom stereocenters. The third kappa shape index (κ3) is 2.69. The van der Waals surface area contributed by atoms with Gasteiger partial charge in [0.1, 0.15) is 5.75 Å². The number of fused-ring (bicyclic) bond motifs is 3. The number of hydrogen-bond donors (Lipinski definition) is 0. The summed E-state index contributed by atoms with van der Waals surface area (Å²) in [5, 5.41) is 0.828. The lowest BCUT2D eigenvalue weighted by Gasteiger charge is -2.37. The molecule has 2 aromatic rings. The lowest BCUT2D eigenvalue weighted by atomic mass is 9.82. The molecule has 1 fully saturated rings. The summed E-state index contributed by atoms with van der Waals surface area (Å²) in [6.07, 6.45) is 1.91. The number of thioether (sulfide) groups is 1. The van der Waals surface area contributed by atoms with E-state index in [-0.39, 0.29) is 11.9 Å². The van der Waals surface area contributed by atoms with E-state index in [0.717, 1.165) is 35.0 Å². The number of carbonyl (C=O) groups excluding carboxylic acids is 1. The third-order valence-corrected chi connectivity index (χ3v) is 6.28. The summed E-state index contributed by atoms with van der Waals surface area (Å²) < 4.78 is 5.59. The SMILES string of the molecule is CCOc1ccc(C2C3=C(N=C4SCC(=O)N42)c2ccccc2CC3)cc1. The lowest BCUT2D eigenvalue weighted by Crippen LogP contribution is -2.38. The Morgan fingerprint density at radius 3 is 2.78 bits per heavy atom. The highest BCUT2D eigenvalue weighted by atomic mass is 32.2. The fourth-order valence-corrected chi connectivity index (χ4v) is 5.05. The summed E-state index contributed by atoms with van der Waals surface area (Å²) in [6.45, 7) is 2.63. The molecule has 2 aliphatic heterocycles. The number of aliphatic imine (C=N–C) groups is 1. The van der Waals surface area contributed by atoms with Crippen LogP contribution in [0.25, 0.3) is 5.70 Å². The topological polar surface area (TPSA) is 41.9 Å². The Hall–Kier alpha value is -2.53. The molecule has 0 bridgehead atoms. The highest BCUT2D eigenvalue weighted by Gasteiger charge is 2.42. The van der Waals surface area contributed by atoms with Gasteiger partial charge in [-0.2, -0.15) is 0 Å². The molecule has 27 heavy (non-hydrogen) atoms. The van der Waals surface area contributed by atoms with Gasteiger partial charge in [0.2, 0.25) is 5.91 Å². The zero-order valence-corrected chi connectivity index (χ0v) is 16.0. The van der Waals surface area contributed by atoms with Crippen LogP contribution in [-0.4, -0.2) is 28.3 Å². The van der Waals surface area contributed by atoms with Crippen LogP contribution in [0, 0.1) is 0 Å². The largest absolute Gasteiger partial charge is 0.494 e. The second kappa shape index (κ2) is 6.57. The minimum atomic E-state index is -0.0703. The molecule has 0 aromatic heterocycles. The van der Waals surface area contributed by atoms with E-state index in [2.05, 4.69) is 36.4 Å². The summed E-state index contributed by atoms with van der Waals surface area (Å²) in [6, 6.07) is 16.6. The van der Waals surface area contributed by atoms with Crippen molar-refractivity contribution in [2.45, 2.75) is 25.8 Å². The maximum atomic E-state index is 12.7. The van der Waals surface area contributed by atoms with Gasteiger partial charge in [-0.3, -0.25) is 9.69 Å². The predicted octanol–water partition coefficient (Wildman–Crippen LogP) is 4.43. The third-order valence-electron chi connectivity index (χ3n) is 5.34. The zero-order valence-electron chi connectivity index (χ0n) is 15.1. The van der Waals surface area contributed by atoms with Crippen molar-refractivity contribution in [3.63, 3.8) is 0 Å². The first-order valence-electron chi connectivity index (χ1n) is 9.34. The summed E-state index contributed by atoms with van der Waals surface area (Å²) in [7, 11) is 0. The van der Waals surface area contributed by atoms with Crippen molar-refractivity contribution in [1.29, 1.82) is 0 Å². The standard InChI is InChI=1S/C22H20N2O2S/c1-2-26-16-10-7-15(8-11-16)21-18-12-9-14-5-3-4-6-17(14)20(18)23-22-24(21)19(25)13-27-22/h3-8,10-11,21H,2,9,12-13H2,1H3. The molecule has 5 heteroatoms. The van der Waals surface area contributed by atoms with E-state index in [1.165, 1.54) is 16.7 Å². The molecular weight excluding hydrogens is 356 g/mol. The lowest BCUT2D eigenvalue weighted by molar-refractivity contribution is -0.125. The van der Waals surface area contributed by atoms with E-state index in [4.69, 9.17) is 9.73 Å². The van der Waals surface area contributed by atoms with Crippen LogP contribution in [0.1, 0.15) is 36.1 Å². The second-order valence-electron chi connectivity index (χ2n) is 6.88. The number of hydrogen-bond acceptors (Lipinski definition) is 4. The second-order valence-corrected chi connectivity index (χ2v) is 7.82. The average Bonchev–Trinajstić information content (AvgIpc) is 3.08. The zero-order chi connectivity index (χ0) is 18.4. The van der Waals surface area contributed by atoms with E-state index < -0.39 is 0 Å². The van der Waals surface area contributed by atoms with Gasteiger partial charge in [-0.15, -0.1) is 0 Å². The van der Waals surface area contributed by atoms with Crippen LogP contribution in [0.4, 0.5) is 0 Å². The van der Waals surface area contributed by atoms with Gasteiger partial charge in [0.05, 0.1) is 24.1 Å². The van der Waals surface area contributed by atoms with Crippen molar-refractivity contribution in [3.8, 4) is 5.75 Å². The molecule has 1 amide bonds. The molecule has 2 aromatic carbocycles. The van der Waals surface area contributed by atoms with Gasteiger partial charge in [0.15, 0.2) is 5.17 Å². The molecule has 2 heterocycles. The molecule has 0 radical (unpaired) electrons. The van der Waals surface area contributed by atoms with E-state index in [1.54, 1.807) is 11.8 Å². The minimum absolute atomic E-state index is 0.0703. The Morgan fingerprint density at radius 2 is 1.96 bits per heavy atom. The van der Waals surface area contributed by atoms with E-state index in [0.29, 0.717) is 12.4 Å². The van der Waals surface area contributed by atoms with Crippen LogP contribution < -0.4 is 4.74 Å². The summed E-state index contributed by atoms with van der Waals surface area (Å²) in [4.78, 5) is 19.5. The maximum Gasteiger partial charge on any atom is 0.239 e. The number of amidine groups is 1. The first-order valence-corrected chi connectivity index (χ1v) is 10.3. The highest BCUT2D eigenvalue weighted by molar-refractivity contribution is 8.15. The number of aryl methyl sites for hydroxylation is 1. The van der Waals surface area contributed by atoms with Crippen molar-refractivity contribution < 1.29 is 9.53 Å². The Morgan fingerprint density at radius 1 is 1.15 bits per heavy atom. The Bertz CT molecular complexity index is 978. The molecule has 1 unspecified atom stereocenters. The molecule has 1 aliphatic carbocycles. The highest BCUT2D eigenvalue weighted by Crippen LogP contribution is 2.47. The van der Waals surface area contributed by atoms with Gasteiger partial charge < -0.3 is 4.74 Å². The molecule has 5 rings (SSSR count). The van der Waals surface area contributed by atoms with Crippen molar-refractivity contribution in [1.82, 2.24) is 4.90 Å². The normalized spacial score (nSPS) is 20.8. The molecular formula is C22H20N2O2S. The van der Waals surface area contributed by atoms with Gasteiger partial charge >= 0.3 is 0 Å². The fourth-order valence-electron chi connectivity index (χ4n) is 4.16. The van der Waals surface area contributed by atoms with Gasteiger partial charge in [0, 0.05) is 5.56 Å². The van der Waals surface area contributed by atoms with Gasteiger partial charge in [-0.1, -0.05) is 48.2 Å². The quantitative estimate of drug-likeness (QED) is 0.796. The number of rotatable bonds is 3. The molecule has 0 spiro atoms. The first-order chi connectivity index (χ1) is 13.3. The number of carbonyl (C=O) groups is 1. The summed E-state index contributed by atoms with van der Waals surface area (Å²) in [5.41, 5.74) is 5.98. The van der Waals surface area contributed by atoms with Gasteiger partial charge in [-0.05, 0) is 48.6 Å². The molecule has 3 aliphatic rings. The van der Waals surface area contributed by atoms with E-state index in [9.17, 15) is 4.79 Å². The monoisotopic (exact) mass is 376 g/mol. The fraction of sp³-hybridized carbons (Fsp3) is 0.273. The van der Waals surface area contributed by atoms with E-state index in [1.807, 2.05) is 24.0 Å². The smallest absolute Gasteiger partial charge is 0.239 e. The maximum absolute atomic E-state index is 12.7. The Balaban J connectivity index is 1.65. The van der Waals surface area contributed by atoms with Crippen LogP contribution in [0.15, 0.2) is 59.1 Å². The van der Waals surface area contributed by atoms with Crippen LogP contribution in [-0.2, 0) is 11.2 Å². The number of nitrogens with zero attached hydrogens (tertiary/aromatic N) is 2. The van der Waals surface area contributed by atoms with Crippen molar-refractivity contribution >= 4 is 28.5 Å². The van der Waals surface area contributed by atoms with Crippen molar-refractivity contribution in [3.05, 3.63) is 70.8 Å². The molecule has 136 valence electrons. The van der Waals surface area contributed by atoms with Gasteiger partial charge in [0.25, 0.3) is 0 Å². The predicted molar refractivity (Wildman–Crippen MR) is 109 cm³/mol. The Kier molecular flexibility index (Phi) is 4.05. The van der Waals surface area contributed by atoms with Crippen LogP contribution >= 0.6 is 11.8 Å². The number of ether oxygens (including phenoxy) is 1. The van der Waals surface area contributed by atoms with Crippen molar-refractivity contribution in [2.75, 3.05) is 12.4 Å². The van der Waals surface area contributed by atoms with Gasteiger partial charge in [-0.25, -0.2) is 4.99 Å². The molecule has 1 saturated heterocycles. The minimum Gasteiger partial charge on any atom is -0.494 e. The van der Waals surface area contributed by atoms with Crippen LogP contribution in [0.3, 0.4) is 0 Å². The first kappa shape index (κ1) is 16.6. The van der Waals surface area contributed by atoms with E-state index >= 15 is 0 Å². The number of amides is 1. The molecule has 0 N–H and O–H groups in total. The molecule has 4 nitrogen and oxygen atoms in total. The Labute approximate surface area is 162 Å². The summed E-state index contributed by atoms with van der Waals surface area (Å²) in [5.74, 6) is 1.47. The van der Waals surface area contributed by atoms with Crippen LogP contribution in [0.2, 0.25) is 0 Å². The van der Waals surface area contributed by atoms with Crippen LogP contribution in [0.5, 0.6) is 5.75 Å². The number of benzene rings is 2. The summed E-state index contributed by atoms with van der Waals surface area (Å²) >= 11 is 1.54. The molecule has 0 saturated carbocycles. The van der Waals surface area contributed by atoms with Crippen molar-refractivity contribution in [2.24, 2.45) is 4.99 Å². The average molecular weight is 376 g/mol.